The van der Waals surface area contributed by atoms with E-state index in [1.807, 2.05) is 6.07 Å². The smallest absolute Gasteiger partial charge is 0.246 e. The van der Waals surface area contributed by atoms with Crippen molar-refractivity contribution in [2.75, 3.05) is 10.6 Å². The fourth-order valence-electron chi connectivity index (χ4n) is 1.97. The summed E-state index contributed by atoms with van der Waals surface area (Å²) in [5.41, 5.74) is 2.60. The number of aryl methyl sites for hydroxylation is 1. The van der Waals surface area contributed by atoms with Gasteiger partial charge >= 0.3 is 0 Å². The highest BCUT2D eigenvalue weighted by atomic mass is 19.1. The number of halogens is 1. The summed E-state index contributed by atoms with van der Waals surface area (Å²) in [5.74, 6) is -0.522. The minimum atomic E-state index is -0.486. The Morgan fingerprint density at radius 2 is 1.91 bits per heavy atom. The summed E-state index contributed by atoms with van der Waals surface area (Å²) in [7, 11) is 0. The van der Waals surface area contributed by atoms with Crippen molar-refractivity contribution in [3.63, 3.8) is 0 Å². The summed E-state index contributed by atoms with van der Waals surface area (Å²) >= 11 is 0. The molecule has 22 heavy (non-hydrogen) atoms. The summed E-state index contributed by atoms with van der Waals surface area (Å²) in [5, 5.41) is 14.5. The molecule has 0 aliphatic rings. The van der Waals surface area contributed by atoms with Crippen molar-refractivity contribution in [2.24, 2.45) is 0 Å². The van der Waals surface area contributed by atoms with Gasteiger partial charge in [0.05, 0.1) is 11.6 Å². The molecule has 0 aliphatic carbocycles. The van der Waals surface area contributed by atoms with Crippen LogP contribution >= 0.6 is 0 Å². The quantitative estimate of drug-likeness (QED) is 0.908. The molecule has 2 rings (SSSR count). The molecule has 0 heterocycles. The molecule has 0 bridgehead atoms. The van der Waals surface area contributed by atoms with Gasteiger partial charge in [-0.05, 0) is 61.9 Å². The third-order valence-corrected chi connectivity index (χ3v) is 3.24. The van der Waals surface area contributed by atoms with Crippen molar-refractivity contribution in [1.82, 2.24) is 0 Å². The average molecular weight is 297 g/mol. The van der Waals surface area contributed by atoms with Gasteiger partial charge in [0, 0.05) is 11.4 Å². The highest BCUT2D eigenvalue weighted by Crippen LogP contribution is 2.17. The van der Waals surface area contributed by atoms with Gasteiger partial charge in [0.1, 0.15) is 11.9 Å². The molecular formula is C17H16FN3O. The first-order valence-electron chi connectivity index (χ1n) is 6.83. The highest BCUT2D eigenvalue weighted by Gasteiger charge is 2.14. The maximum Gasteiger partial charge on any atom is 0.246 e. The highest BCUT2D eigenvalue weighted by molar-refractivity contribution is 5.96. The van der Waals surface area contributed by atoms with Crippen LogP contribution in [0.15, 0.2) is 42.5 Å². The number of nitriles is 1. The van der Waals surface area contributed by atoms with Crippen LogP contribution in [0.3, 0.4) is 0 Å². The van der Waals surface area contributed by atoms with Crippen LogP contribution in [0.4, 0.5) is 15.8 Å². The molecule has 0 radical (unpaired) electrons. The lowest BCUT2D eigenvalue weighted by atomic mass is 10.1. The molecule has 0 spiro atoms. The Bertz CT molecular complexity index is 720. The predicted octanol–water partition coefficient (Wildman–Crippen LogP) is 3.44. The van der Waals surface area contributed by atoms with Crippen LogP contribution in [0.2, 0.25) is 0 Å². The second-order valence-electron chi connectivity index (χ2n) is 5.00. The number of carbonyl (C=O) groups excluding carboxylic acids is 1. The zero-order chi connectivity index (χ0) is 16.1. The monoisotopic (exact) mass is 297 g/mol. The Morgan fingerprint density at radius 3 is 2.50 bits per heavy atom. The fourth-order valence-corrected chi connectivity index (χ4v) is 1.97. The lowest BCUT2D eigenvalue weighted by Crippen LogP contribution is -2.32. The number of benzene rings is 2. The fraction of sp³-hybridized carbons (Fsp3) is 0.176. The maximum absolute atomic E-state index is 13.1. The van der Waals surface area contributed by atoms with Crippen LogP contribution in [0.1, 0.15) is 18.1 Å². The molecular weight excluding hydrogens is 281 g/mol. The van der Waals surface area contributed by atoms with E-state index in [1.165, 1.54) is 12.1 Å². The topological polar surface area (TPSA) is 64.9 Å². The van der Waals surface area contributed by atoms with E-state index in [9.17, 15) is 9.18 Å². The van der Waals surface area contributed by atoms with Gasteiger partial charge in [0.2, 0.25) is 5.91 Å². The number of carbonyl (C=O) groups is 1. The molecule has 2 N–H and O–H groups in total. The van der Waals surface area contributed by atoms with Crippen molar-refractivity contribution >= 4 is 17.3 Å². The van der Waals surface area contributed by atoms with E-state index in [1.54, 1.807) is 44.2 Å². The van der Waals surface area contributed by atoms with Gasteiger partial charge < -0.3 is 10.6 Å². The van der Waals surface area contributed by atoms with Gasteiger partial charge in [0.15, 0.2) is 0 Å². The molecule has 1 amide bonds. The number of amides is 1. The number of rotatable bonds is 4. The molecule has 2 aromatic rings. The largest absolute Gasteiger partial charge is 0.374 e. The van der Waals surface area contributed by atoms with E-state index in [-0.39, 0.29) is 11.7 Å². The standard InChI is InChI=1S/C17H16FN3O/c1-11-9-14(18)5-8-16(11)20-12(2)17(22)21-15-6-3-13(10-19)4-7-15/h3-9,12,20H,1-2H3,(H,21,22)/t12-/m0/s1. The average Bonchev–Trinajstić information content (AvgIpc) is 2.50. The van der Waals surface area contributed by atoms with Gasteiger partial charge in [-0.3, -0.25) is 4.79 Å². The van der Waals surface area contributed by atoms with Crippen LogP contribution in [0, 0.1) is 24.1 Å². The second kappa shape index (κ2) is 6.72. The molecule has 0 unspecified atom stereocenters. The molecule has 0 fully saturated rings. The number of nitrogens with zero attached hydrogens (tertiary/aromatic N) is 1. The molecule has 112 valence electrons. The number of anilines is 2. The first kappa shape index (κ1) is 15.5. The van der Waals surface area contributed by atoms with Crippen molar-refractivity contribution < 1.29 is 9.18 Å². The van der Waals surface area contributed by atoms with Crippen LogP contribution in [0.25, 0.3) is 0 Å². The van der Waals surface area contributed by atoms with Gasteiger partial charge in [-0.25, -0.2) is 4.39 Å². The predicted molar refractivity (Wildman–Crippen MR) is 84.0 cm³/mol. The van der Waals surface area contributed by atoms with E-state index in [0.29, 0.717) is 16.9 Å². The normalized spacial score (nSPS) is 11.4. The Hall–Kier alpha value is -2.87. The molecule has 5 heteroatoms. The summed E-state index contributed by atoms with van der Waals surface area (Å²) in [6.07, 6.45) is 0. The summed E-state index contributed by atoms with van der Waals surface area (Å²) in [6.45, 7) is 3.50. The van der Waals surface area contributed by atoms with Crippen LogP contribution in [-0.4, -0.2) is 11.9 Å². The third kappa shape index (κ3) is 3.83. The van der Waals surface area contributed by atoms with Crippen LogP contribution in [0.5, 0.6) is 0 Å². The zero-order valence-electron chi connectivity index (χ0n) is 12.4. The Kier molecular flexibility index (Phi) is 4.74. The lowest BCUT2D eigenvalue weighted by molar-refractivity contribution is -0.116. The van der Waals surface area contributed by atoms with Crippen molar-refractivity contribution in [3.05, 3.63) is 59.4 Å². The van der Waals surface area contributed by atoms with Crippen molar-refractivity contribution in [3.8, 4) is 6.07 Å². The van der Waals surface area contributed by atoms with Gasteiger partial charge in [0.25, 0.3) is 0 Å². The van der Waals surface area contributed by atoms with E-state index < -0.39 is 6.04 Å². The second-order valence-corrected chi connectivity index (χ2v) is 5.00. The van der Waals surface area contributed by atoms with Crippen LogP contribution < -0.4 is 10.6 Å². The Balaban J connectivity index is 2.01. The number of nitrogens with one attached hydrogen (secondary N) is 2. The molecule has 4 nitrogen and oxygen atoms in total. The summed E-state index contributed by atoms with van der Waals surface area (Å²) in [6, 6.07) is 12.5. The Labute approximate surface area is 128 Å². The maximum atomic E-state index is 13.1. The van der Waals surface area contributed by atoms with Gasteiger partial charge in [-0.1, -0.05) is 0 Å². The zero-order valence-corrected chi connectivity index (χ0v) is 12.4. The first-order valence-corrected chi connectivity index (χ1v) is 6.83. The van der Waals surface area contributed by atoms with E-state index in [2.05, 4.69) is 10.6 Å². The molecule has 0 aliphatic heterocycles. The lowest BCUT2D eigenvalue weighted by Gasteiger charge is -2.17. The van der Waals surface area contributed by atoms with E-state index >= 15 is 0 Å². The SMILES string of the molecule is Cc1cc(F)ccc1N[C@@H](C)C(=O)Nc1ccc(C#N)cc1. The number of hydrogen-bond acceptors (Lipinski definition) is 3. The molecule has 0 saturated heterocycles. The van der Waals surface area contributed by atoms with E-state index in [0.717, 1.165) is 5.56 Å². The Morgan fingerprint density at radius 1 is 1.23 bits per heavy atom. The van der Waals surface area contributed by atoms with Crippen molar-refractivity contribution in [2.45, 2.75) is 19.9 Å². The van der Waals surface area contributed by atoms with Gasteiger partial charge in [-0.15, -0.1) is 0 Å². The van der Waals surface area contributed by atoms with Gasteiger partial charge in [-0.2, -0.15) is 5.26 Å². The molecule has 2 aromatic carbocycles. The summed E-state index contributed by atoms with van der Waals surface area (Å²) in [4.78, 5) is 12.1. The third-order valence-electron chi connectivity index (χ3n) is 3.24. The first-order chi connectivity index (χ1) is 10.5. The van der Waals surface area contributed by atoms with E-state index in [4.69, 9.17) is 5.26 Å². The minimum absolute atomic E-state index is 0.214. The van der Waals surface area contributed by atoms with Crippen molar-refractivity contribution in [1.29, 1.82) is 5.26 Å². The molecule has 0 aromatic heterocycles. The molecule has 0 saturated carbocycles. The minimum Gasteiger partial charge on any atom is -0.374 e. The van der Waals surface area contributed by atoms with Crippen LogP contribution in [-0.2, 0) is 4.79 Å². The molecule has 1 atom stereocenters. The summed E-state index contributed by atoms with van der Waals surface area (Å²) < 4.78 is 13.1. The number of hydrogen-bond donors (Lipinski definition) is 2.